The van der Waals surface area contributed by atoms with Gasteiger partial charge in [0.2, 0.25) is 0 Å². The largest absolute Gasteiger partial charge is 0.481 e. The molecule has 8 heteroatoms. The number of aromatic nitrogens is 3. The number of nitrogens with zero attached hydrogens (tertiary/aromatic N) is 4. The van der Waals surface area contributed by atoms with Gasteiger partial charge in [-0.15, -0.1) is 5.10 Å². The maximum Gasteiger partial charge on any atom is 0.317 e. The molecule has 1 aliphatic heterocycles. The number of hydrogen-bond donors (Lipinski definition) is 2. The van der Waals surface area contributed by atoms with E-state index in [2.05, 4.69) is 15.6 Å². The van der Waals surface area contributed by atoms with Crippen LogP contribution >= 0.6 is 0 Å². The topological polar surface area (TPSA) is 100 Å². The summed E-state index contributed by atoms with van der Waals surface area (Å²) >= 11 is 0. The van der Waals surface area contributed by atoms with Gasteiger partial charge in [-0.3, -0.25) is 9.48 Å². The summed E-state index contributed by atoms with van der Waals surface area (Å²) < 4.78 is 1.84. The number of nitrogens with one attached hydrogen (secondary N) is 1. The highest BCUT2D eigenvalue weighted by atomic mass is 16.4. The Kier molecular flexibility index (Phi) is 7.00. The first-order valence-electron chi connectivity index (χ1n) is 9.75. The van der Waals surface area contributed by atoms with Crippen LogP contribution < -0.4 is 5.32 Å². The van der Waals surface area contributed by atoms with Gasteiger partial charge in [0, 0.05) is 38.3 Å². The normalized spacial score (nSPS) is 15.9. The van der Waals surface area contributed by atoms with Gasteiger partial charge in [0.25, 0.3) is 0 Å². The van der Waals surface area contributed by atoms with Crippen LogP contribution in [0.25, 0.3) is 0 Å². The van der Waals surface area contributed by atoms with Gasteiger partial charge in [0.05, 0.1) is 6.20 Å². The molecule has 0 saturated carbocycles. The lowest BCUT2D eigenvalue weighted by Gasteiger charge is -2.33. The van der Waals surface area contributed by atoms with Gasteiger partial charge in [0.1, 0.15) is 0 Å². The molecule has 0 aliphatic carbocycles. The molecule has 2 heterocycles. The Hall–Kier alpha value is -2.90. The summed E-state index contributed by atoms with van der Waals surface area (Å²) in [5.41, 5.74) is 1.09. The summed E-state index contributed by atoms with van der Waals surface area (Å²) in [7, 11) is 0. The zero-order chi connectivity index (χ0) is 19.8. The van der Waals surface area contributed by atoms with E-state index in [0.29, 0.717) is 31.8 Å². The van der Waals surface area contributed by atoms with E-state index < -0.39 is 5.97 Å². The number of likely N-dealkylation sites (tertiary alicyclic amines) is 1. The Morgan fingerprint density at radius 1 is 1.21 bits per heavy atom. The third kappa shape index (κ3) is 6.07. The second kappa shape index (κ2) is 9.87. The lowest BCUT2D eigenvalue weighted by molar-refractivity contribution is -0.137. The van der Waals surface area contributed by atoms with Crippen LogP contribution in [0.5, 0.6) is 0 Å². The van der Waals surface area contributed by atoms with E-state index in [0.717, 1.165) is 24.9 Å². The fourth-order valence-corrected chi connectivity index (χ4v) is 3.60. The predicted octanol–water partition coefficient (Wildman–Crippen LogP) is 2.18. The molecule has 2 N–H and O–H groups in total. The van der Waals surface area contributed by atoms with Gasteiger partial charge < -0.3 is 15.3 Å². The predicted molar refractivity (Wildman–Crippen MR) is 104 cm³/mol. The molecule has 2 amide bonds. The molecule has 3 rings (SSSR count). The minimum absolute atomic E-state index is 0.0394. The number of hydrogen-bond acceptors (Lipinski definition) is 4. The Balaban J connectivity index is 1.50. The average molecular weight is 385 g/mol. The average Bonchev–Trinajstić information content (AvgIpc) is 3.20. The molecule has 1 aliphatic rings. The van der Waals surface area contributed by atoms with Crippen LogP contribution in [0.1, 0.15) is 31.2 Å². The molecule has 8 nitrogen and oxygen atoms in total. The Morgan fingerprint density at radius 3 is 2.61 bits per heavy atom. The van der Waals surface area contributed by atoms with Crippen LogP contribution in [-0.2, 0) is 17.8 Å². The second-order valence-electron chi connectivity index (χ2n) is 7.32. The van der Waals surface area contributed by atoms with Crippen molar-refractivity contribution < 1.29 is 14.7 Å². The van der Waals surface area contributed by atoms with Gasteiger partial charge in [-0.2, -0.15) is 0 Å². The van der Waals surface area contributed by atoms with Crippen molar-refractivity contribution in [3.8, 4) is 0 Å². The van der Waals surface area contributed by atoms with Gasteiger partial charge in [-0.05, 0) is 37.2 Å². The smallest absolute Gasteiger partial charge is 0.317 e. The molecule has 150 valence electrons. The summed E-state index contributed by atoms with van der Waals surface area (Å²) in [6.45, 7) is 2.22. The third-order valence-electron chi connectivity index (χ3n) is 5.18. The first-order chi connectivity index (χ1) is 13.6. The fraction of sp³-hybridized carbons (Fsp3) is 0.500. The fourth-order valence-electron chi connectivity index (χ4n) is 3.60. The van der Waals surface area contributed by atoms with E-state index in [9.17, 15) is 9.59 Å². The van der Waals surface area contributed by atoms with Gasteiger partial charge in [-0.25, -0.2) is 4.79 Å². The molecule has 1 atom stereocenters. The minimum atomic E-state index is -0.846. The highest BCUT2D eigenvalue weighted by Gasteiger charge is 2.25. The van der Waals surface area contributed by atoms with Crippen molar-refractivity contribution in [2.45, 2.75) is 44.7 Å². The highest BCUT2D eigenvalue weighted by molar-refractivity contribution is 5.74. The molecule has 0 bridgehead atoms. The van der Waals surface area contributed by atoms with Crippen LogP contribution in [0.4, 0.5) is 4.79 Å². The van der Waals surface area contributed by atoms with Crippen molar-refractivity contribution in [1.29, 1.82) is 0 Å². The van der Waals surface area contributed by atoms with E-state index in [-0.39, 0.29) is 18.5 Å². The minimum Gasteiger partial charge on any atom is -0.481 e. The Labute approximate surface area is 164 Å². The lowest BCUT2D eigenvalue weighted by atomic mass is 9.97. The summed E-state index contributed by atoms with van der Waals surface area (Å²) in [4.78, 5) is 25.5. The zero-order valence-electron chi connectivity index (χ0n) is 15.9. The SMILES string of the molecule is O=C(O)CCC(Cc1ccccc1)NC(=O)N1CCC(Cn2ccnn2)CC1. The highest BCUT2D eigenvalue weighted by Crippen LogP contribution is 2.19. The molecule has 1 aromatic heterocycles. The maximum atomic E-state index is 12.7. The molecule has 1 saturated heterocycles. The van der Waals surface area contributed by atoms with E-state index in [1.54, 1.807) is 6.20 Å². The number of aliphatic carboxylic acids is 1. The number of urea groups is 1. The van der Waals surface area contributed by atoms with Gasteiger partial charge in [0.15, 0.2) is 0 Å². The number of piperidine rings is 1. The van der Waals surface area contributed by atoms with E-state index in [4.69, 9.17) is 5.11 Å². The van der Waals surface area contributed by atoms with Gasteiger partial charge >= 0.3 is 12.0 Å². The Bertz CT molecular complexity index is 742. The number of rotatable bonds is 8. The molecule has 1 unspecified atom stereocenters. The van der Waals surface area contributed by atoms with Crippen LogP contribution in [-0.4, -0.2) is 56.1 Å². The third-order valence-corrected chi connectivity index (χ3v) is 5.18. The molecule has 0 radical (unpaired) electrons. The van der Waals surface area contributed by atoms with Crippen molar-refractivity contribution in [2.75, 3.05) is 13.1 Å². The molecular formula is C20H27N5O3. The van der Waals surface area contributed by atoms with Crippen molar-refractivity contribution in [1.82, 2.24) is 25.2 Å². The first-order valence-corrected chi connectivity index (χ1v) is 9.75. The number of amides is 2. The van der Waals surface area contributed by atoms with Crippen LogP contribution in [0.15, 0.2) is 42.7 Å². The molecule has 0 spiro atoms. The van der Waals surface area contributed by atoms with E-state index >= 15 is 0 Å². The summed E-state index contributed by atoms with van der Waals surface area (Å²) in [5.74, 6) is -0.362. The van der Waals surface area contributed by atoms with Crippen molar-refractivity contribution >= 4 is 12.0 Å². The van der Waals surface area contributed by atoms with Crippen LogP contribution in [0.2, 0.25) is 0 Å². The first kappa shape index (κ1) is 19.9. The molecule has 1 aromatic carbocycles. The standard InChI is InChI=1S/C20H27N5O3/c26-19(27)7-6-18(14-16-4-2-1-3-5-16)22-20(28)24-11-8-17(9-12-24)15-25-13-10-21-23-25/h1-5,10,13,17-18H,6-9,11-12,14-15H2,(H,22,28)(H,26,27). The zero-order valence-corrected chi connectivity index (χ0v) is 15.9. The summed E-state index contributed by atoms with van der Waals surface area (Å²) in [6, 6.07) is 9.53. The van der Waals surface area contributed by atoms with E-state index in [1.165, 1.54) is 0 Å². The Morgan fingerprint density at radius 2 is 1.96 bits per heavy atom. The maximum absolute atomic E-state index is 12.7. The molecular weight excluding hydrogens is 358 g/mol. The lowest BCUT2D eigenvalue weighted by Crippen LogP contribution is -2.48. The van der Waals surface area contributed by atoms with Crippen molar-refractivity contribution in [2.24, 2.45) is 5.92 Å². The number of carbonyl (C=O) groups is 2. The summed E-state index contributed by atoms with van der Waals surface area (Å²) in [5, 5.41) is 19.9. The van der Waals surface area contributed by atoms with E-state index in [1.807, 2.05) is 46.1 Å². The monoisotopic (exact) mass is 385 g/mol. The number of carbonyl (C=O) groups excluding carboxylic acids is 1. The number of carboxylic acid groups (broad SMARTS) is 1. The number of carboxylic acids is 1. The molecule has 1 fully saturated rings. The summed E-state index contributed by atoms with van der Waals surface area (Å²) in [6.07, 6.45) is 6.46. The van der Waals surface area contributed by atoms with Gasteiger partial charge in [-0.1, -0.05) is 35.5 Å². The van der Waals surface area contributed by atoms with Crippen molar-refractivity contribution in [3.05, 3.63) is 48.3 Å². The van der Waals surface area contributed by atoms with Crippen LogP contribution in [0, 0.1) is 5.92 Å². The van der Waals surface area contributed by atoms with Crippen molar-refractivity contribution in [3.63, 3.8) is 0 Å². The number of benzene rings is 1. The molecule has 2 aromatic rings. The van der Waals surface area contributed by atoms with Crippen LogP contribution in [0.3, 0.4) is 0 Å². The molecule has 28 heavy (non-hydrogen) atoms. The quantitative estimate of drug-likeness (QED) is 0.725. The second-order valence-corrected chi connectivity index (χ2v) is 7.32.